The van der Waals surface area contributed by atoms with Gasteiger partial charge in [0.15, 0.2) is 0 Å². The zero-order chi connectivity index (χ0) is 16.9. The summed E-state index contributed by atoms with van der Waals surface area (Å²) >= 11 is 5.85. The molecule has 0 radical (unpaired) electrons. The number of aromatic hydroxyl groups is 1. The van der Waals surface area contributed by atoms with Crippen molar-refractivity contribution < 1.29 is 9.90 Å². The van der Waals surface area contributed by atoms with Crippen LogP contribution in [0.1, 0.15) is 16.1 Å². The second-order valence-corrected chi connectivity index (χ2v) is 5.40. The number of hydrazone groups is 1. The molecule has 24 heavy (non-hydrogen) atoms. The van der Waals surface area contributed by atoms with E-state index in [4.69, 9.17) is 11.6 Å². The van der Waals surface area contributed by atoms with Crippen LogP contribution >= 0.6 is 11.6 Å². The summed E-state index contributed by atoms with van der Waals surface area (Å²) in [6.07, 6.45) is 1.44. The maximum Gasteiger partial charge on any atom is 0.289 e. The molecule has 0 fully saturated rings. The minimum absolute atomic E-state index is 0.131. The molecule has 0 aliphatic rings. The third-order valence-electron chi connectivity index (χ3n) is 3.21. The number of hydrogen-bond acceptors (Lipinski definition) is 4. The highest BCUT2D eigenvalue weighted by molar-refractivity contribution is 6.30. The minimum Gasteiger partial charge on any atom is -0.508 e. The zero-order valence-electron chi connectivity index (χ0n) is 12.4. The highest BCUT2D eigenvalue weighted by atomic mass is 35.5. The van der Waals surface area contributed by atoms with Crippen molar-refractivity contribution in [2.24, 2.45) is 5.10 Å². The lowest BCUT2D eigenvalue weighted by molar-refractivity contribution is 0.0950. The molecule has 1 amide bonds. The average Bonchev–Trinajstić information content (AvgIpc) is 3.05. The Kier molecular flexibility index (Phi) is 4.58. The number of halogens is 1. The minimum atomic E-state index is -0.417. The lowest BCUT2D eigenvalue weighted by atomic mass is 10.1. The van der Waals surface area contributed by atoms with Crippen LogP contribution in [0.4, 0.5) is 0 Å². The summed E-state index contributed by atoms with van der Waals surface area (Å²) in [7, 11) is 0. The summed E-state index contributed by atoms with van der Waals surface area (Å²) in [6.45, 7) is 0. The molecule has 0 unspecified atom stereocenters. The van der Waals surface area contributed by atoms with E-state index in [1.807, 2.05) is 12.1 Å². The van der Waals surface area contributed by atoms with Gasteiger partial charge in [0.25, 0.3) is 5.91 Å². The van der Waals surface area contributed by atoms with Crippen molar-refractivity contribution in [1.82, 2.24) is 15.6 Å². The van der Waals surface area contributed by atoms with Gasteiger partial charge in [0, 0.05) is 10.6 Å². The molecular weight excluding hydrogens is 328 g/mol. The molecule has 0 aliphatic heterocycles. The molecule has 7 heteroatoms. The highest BCUT2D eigenvalue weighted by Gasteiger charge is 2.10. The predicted molar refractivity (Wildman–Crippen MR) is 92.2 cm³/mol. The lowest BCUT2D eigenvalue weighted by Gasteiger charge is -1.97. The molecule has 6 nitrogen and oxygen atoms in total. The highest BCUT2D eigenvalue weighted by Crippen LogP contribution is 2.20. The molecule has 0 spiro atoms. The van der Waals surface area contributed by atoms with E-state index in [1.165, 1.54) is 12.3 Å². The fourth-order valence-electron chi connectivity index (χ4n) is 2.04. The second-order valence-electron chi connectivity index (χ2n) is 4.97. The second kappa shape index (κ2) is 6.97. The number of phenolic OH excluding ortho intramolecular Hbond substituents is 1. The monoisotopic (exact) mass is 340 g/mol. The first-order chi connectivity index (χ1) is 11.6. The summed E-state index contributed by atoms with van der Waals surface area (Å²) in [5.41, 5.74) is 4.83. The topological polar surface area (TPSA) is 90.4 Å². The van der Waals surface area contributed by atoms with E-state index in [1.54, 1.807) is 36.4 Å². The van der Waals surface area contributed by atoms with Gasteiger partial charge in [0.2, 0.25) is 0 Å². The number of aromatic nitrogens is 2. The van der Waals surface area contributed by atoms with Gasteiger partial charge >= 0.3 is 0 Å². The van der Waals surface area contributed by atoms with E-state index in [0.29, 0.717) is 16.3 Å². The third kappa shape index (κ3) is 3.80. The Hall–Kier alpha value is -3.12. The van der Waals surface area contributed by atoms with Crippen LogP contribution in [0.3, 0.4) is 0 Å². The molecule has 1 aromatic heterocycles. The van der Waals surface area contributed by atoms with E-state index in [-0.39, 0.29) is 11.4 Å². The van der Waals surface area contributed by atoms with E-state index in [9.17, 15) is 9.90 Å². The van der Waals surface area contributed by atoms with E-state index >= 15 is 0 Å². The van der Waals surface area contributed by atoms with Crippen LogP contribution in [0.2, 0.25) is 5.02 Å². The largest absolute Gasteiger partial charge is 0.508 e. The van der Waals surface area contributed by atoms with Crippen molar-refractivity contribution in [1.29, 1.82) is 0 Å². The fourth-order valence-corrected chi connectivity index (χ4v) is 2.16. The Morgan fingerprint density at radius 1 is 1.21 bits per heavy atom. The zero-order valence-corrected chi connectivity index (χ0v) is 13.2. The Morgan fingerprint density at radius 2 is 2.00 bits per heavy atom. The summed E-state index contributed by atoms with van der Waals surface area (Å²) < 4.78 is 0. The van der Waals surface area contributed by atoms with Crippen molar-refractivity contribution in [3.63, 3.8) is 0 Å². The molecule has 3 aromatic rings. The molecular formula is C17H13ClN4O2. The van der Waals surface area contributed by atoms with E-state index in [2.05, 4.69) is 20.7 Å². The molecule has 3 rings (SSSR count). The number of H-pyrrole nitrogens is 1. The van der Waals surface area contributed by atoms with Gasteiger partial charge in [-0.2, -0.15) is 10.2 Å². The van der Waals surface area contributed by atoms with Gasteiger partial charge in [-0.15, -0.1) is 0 Å². The Morgan fingerprint density at radius 3 is 2.75 bits per heavy atom. The molecule has 0 atom stereocenters. The Balaban J connectivity index is 1.66. The van der Waals surface area contributed by atoms with Gasteiger partial charge in [0.1, 0.15) is 11.4 Å². The maximum atomic E-state index is 12.0. The molecule has 0 saturated carbocycles. The van der Waals surface area contributed by atoms with E-state index in [0.717, 1.165) is 5.56 Å². The van der Waals surface area contributed by atoms with Gasteiger partial charge in [-0.05, 0) is 35.9 Å². The first-order valence-corrected chi connectivity index (χ1v) is 7.43. The fraction of sp³-hybridized carbons (Fsp3) is 0. The third-order valence-corrected chi connectivity index (χ3v) is 3.46. The molecule has 0 saturated heterocycles. The van der Waals surface area contributed by atoms with Crippen molar-refractivity contribution in [3.05, 3.63) is 70.9 Å². The van der Waals surface area contributed by atoms with Gasteiger partial charge in [-0.3, -0.25) is 9.89 Å². The molecule has 120 valence electrons. The number of carbonyl (C=O) groups excluding carboxylic acids is 1. The Labute approximate surface area is 142 Å². The number of amides is 1. The van der Waals surface area contributed by atoms with Crippen LogP contribution in [0.15, 0.2) is 59.7 Å². The summed E-state index contributed by atoms with van der Waals surface area (Å²) in [6, 6.07) is 15.3. The van der Waals surface area contributed by atoms with Crippen molar-refractivity contribution in [2.75, 3.05) is 0 Å². The first kappa shape index (κ1) is 15.8. The van der Waals surface area contributed by atoms with Crippen LogP contribution in [0.5, 0.6) is 5.75 Å². The number of carbonyl (C=O) groups is 1. The molecule has 3 N–H and O–H groups in total. The number of phenols is 1. The molecule has 0 aliphatic carbocycles. The van der Waals surface area contributed by atoms with Crippen molar-refractivity contribution in [2.45, 2.75) is 0 Å². The van der Waals surface area contributed by atoms with Crippen LogP contribution in [0, 0.1) is 0 Å². The van der Waals surface area contributed by atoms with Gasteiger partial charge < -0.3 is 5.11 Å². The predicted octanol–water partition coefficient (Wildman–Crippen LogP) is 3.20. The molecule has 0 bridgehead atoms. The summed E-state index contributed by atoms with van der Waals surface area (Å²) in [4.78, 5) is 12.0. The van der Waals surface area contributed by atoms with Crippen molar-refractivity contribution in [3.8, 4) is 17.0 Å². The number of aromatic amines is 1. The quantitative estimate of drug-likeness (QED) is 0.503. The van der Waals surface area contributed by atoms with Gasteiger partial charge in [-0.25, -0.2) is 5.43 Å². The first-order valence-electron chi connectivity index (χ1n) is 7.05. The Bertz CT molecular complexity index is 888. The number of nitrogens with zero attached hydrogens (tertiary/aromatic N) is 2. The van der Waals surface area contributed by atoms with Crippen LogP contribution in [0.25, 0.3) is 11.3 Å². The SMILES string of the molecule is O=C(NN=Cc1cccc(O)c1)c1cc(-c2ccc(Cl)cc2)n[nH]1. The number of hydrogen-bond donors (Lipinski definition) is 3. The number of rotatable bonds is 4. The lowest BCUT2D eigenvalue weighted by Crippen LogP contribution is -2.17. The van der Waals surface area contributed by atoms with Gasteiger partial charge in [0.05, 0.1) is 11.9 Å². The van der Waals surface area contributed by atoms with Crippen LogP contribution in [-0.2, 0) is 0 Å². The number of nitrogens with one attached hydrogen (secondary N) is 2. The smallest absolute Gasteiger partial charge is 0.289 e. The van der Waals surface area contributed by atoms with Crippen LogP contribution < -0.4 is 5.43 Å². The number of benzene rings is 2. The molecule has 2 aromatic carbocycles. The van der Waals surface area contributed by atoms with E-state index < -0.39 is 5.91 Å². The summed E-state index contributed by atoms with van der Waals surface area (Å²) in [5.74, 6) is -0.287. The van der Waals surface area contributed by atoms with Crippen LogP contribution in [-0.4, -0.2) is 27.4 Å². The standard InChI is InChI=1S/C17H13ClN4O2/c18-13-6-4-12(5-7-13)15-9-16(21-20-15)17(24)22-19-10-11-2-1-3-14(23)8-11/h1-10,23H,(H,20,21)(H,22,24). The average molecular weight is 341 g/mol. The summed E-state index contributed by atoms with van der Waals surface area (Å²) in [5, 5.41) is 20.6. The normalized spacial score (nSPS) is 10.9. The van der Waals surface area contributed by atoms with Gasteiger partial charge in [-0.1, -0.05) is 35.9 Å². The molecule has 1 heterocycles. The maximum absolute atomic E-state index is 12.0. The van der Waals surface area contributed by atoms with Crippen molar-refractivity contribution >= 4 is 23.7 Å².